The Morgan fingerprint density at radius 2 is 1.34 bits per heavy atom. The number of benzene rings is 1. The van der Waals surface area contributed by atoms with Crippen molar-refractivity contribution in [2.45, 2.75) is 19.8 Å². The van der Waals surface area contributed by atoms with E-state index in [1.807, 2.05) is 12.1 Å². The number of anilines is 1. The second-order valence-electron chi connectivity index (χ2n) is 6.17. The Hall–Kier alpha value is -1.71. The molecule has 1 aromatic carbocycles. The summed E-state index contributed by atoms with van der Waals surface area (Å²) < 4.78 is 26.3. The smallest absolute Gasteiger partial charge is 0.338 e. The lowest BCUT2D eigenvalue weighted by Crippen LogP contribution is -2.15. The van der Waals surface area contributed by atoms with Crippen molar-refractivity contribution in [3.8, 4) is 0 Å². The van der Waals surface area contributed by atoms with Crippen molar-refractivity contribution in [3.05, 3.63) is 29.8 Å². The van der Waals surface area contributed by atoms with Gasteiger partial charge in [-0.05, 0) is 30.7 Å². The van der Waals surface area contributed by atoms with Crippen molar-refractivity contribution in [1.29, 1.82) is 0 Å². The molecule has 166 valence electrons. The summed E-state index contributed by atoms with van der Waals surface area (Å²) in [6.45, 7) is 6.71. The first-order valence-corrected chi connectivity index (χ1v) is 10.2. The highest BCUT2D eigenvalue weighted by Crippen LogP contribution is 2.10. The highest BCUT2D eigenvalue weighted by molar-refractivity contribution is 5.89. The van der Waals surface area contributed by atoms with Crippen LogP contribution in [0.5, 0.6) is 0 Å². The summed E-state index contributed by atoms with van der Waals surface area (Å²) in [6.07, 6.45) is 2.26. The van der Waals surface area contributed by atoms with Crippen LogP contribution in [0, 0.1) is 0 Å². The van der Waals surface area contributed by atoms with Crippen LogP contribution < -0.4 is 5.32 Å². The molecule has 0 aromatic heterocycles. The van der Waals surface area contributed by atoms with E-state index in [1.165, 1.54) is 0 Å². The molecule has 2 N–H and O–H groups in total. The van der Waals surface area contributed by atoms with Crippen molar-refractivity contribution < 1.29 is 33.6 Å². The number of aliphatic hydroxyl groups is 1. The standard InChI is InChI=1S/C21H35NO7/c1-2-3-8-22-20-6-4-19(5-7-20)21(24)29-18-17-28-16-15-27-14-13-26-12-11-25-10-9-23/h4-7,22-23H,2-3,8-18H2,1H3. The van der Waals surface area contributed by atoms with E-state index in [0.717, 1.165) is 25.1 Å². The van der Waals surface area contributed by atoms with Crippen LogP contribution >= 0.6 is 0 Å². The molecule has 1 aromatic rings. The highest BCUT2D eigenvalue weighted by atomic mass is 16.6. The lowest BCUT2D eigenvalue weighted by molar-refractivity contribution is -0.0114. The van der Waals surface area contributed by atoms with Crippen molar-refractivity contribution >= 4 is 11.7 Å². The summed E-state index contributed by atoms with van der Waals surface area (Å²) in [4.78, 5) is 12.0. The van der Waals surface area contributed by atoms with Gasteiger partial charge in [-0.25, -0.2) is 4.79 Å². The molecule has 0 amide bonds. The van der Waals surface area contributed by atoms with E-state index in [4.69, 9.17) is 28.8 Å². The van der Waals surface area contributed by atoms with E-state index in [0.29, 0.717) is 58.4 Å². The number of carbonyl (C=O) groups excluding carboxylic acids is 1. The van der Waals surface area contributed by atoms with Gasteiger partial charge in [-0.2, -0.15) is 0 Å². The van der Waals surface area contributed by atoms with Gasteiger partial charge in [0, 0.05) is 12.2 Å². The number of nitrogens with one attached hydrogen (secondary N) is 1. The van der Waals surface area contributed by atoms with Crippen molar-refractivity contribution in [2.24, 2.45) is 0 Å². The van der Waals surface area contributed by atoms with E-state index in [-0.39, 0.29) is 19.2 Å². The predicted octanol–water partition coefficient (Wildman–Crippen LogP) is 2.11. The van der Waals surface area contributed by atoms with Gasteiger partial charge < -0.3 is 34.1 Å². The minimum Gasteiger partial charge on any atom is -0.460 e. The Balaban J connectivity index is 1.93. The molecule has 0 radical (unpaired) electrons. The number of hydrogen-bond donors (Lipinski definition) is 2. The summed E-state index contributed by atoms with van der Waals surface area (Å²) in [5.74, 6) is -0.356. The van der Waals surface area contributed by atoms with Gasteiger partial charge in [-0.15, -0.1) is 0 Å². The molecule has 8 nitrogen and oxygen atoms in total. The third-order valence-corrected chi connectivity index (χ3v) is 3.79. The summed E-state index contributed by atoms with van der Waals surface area (Å²) in [7, 11) is 0. The first-order valence-electron chi connectivity index (χ1n) is 10.2. The zero-order valence-electron chi connectivity index (χ0n) is 17.4. The molecule has 0 bridgehead atoms. The normalized spacial score (nSPS) is 10.8. The van der Waals surface area contributed by atoms with Gasteiger partial charge in [0.15, 0.2) is 0 Å². The van der Waals surface area contributed by atoms with Crippen molar-refractivity contribution in [3.63, 3.8) is 0 Å². The van der Waals surface area contributed by atoms with Crippen LogP contribution in [0.2, 0.25) is 0 Å². The average molecular weight is 414 g/mol. The minimum atomic E-state index is -0.356. The lowest BCUT2D eigenvalue weighted by Gasteiger charge is -2.09. The second kappa shape index (κ2) is 18.3. The molecule has 0 heterocycles. The van der Waals surface area contributed by atoms with Crippen LogP contribution in [0.15, 0.2) is 24.3 Å². The first-order chi connectivity index (χ1) is 14.3. The molecule has 0 unspecified atom stereocenters. The molecule has 0 saturated heterocycles. The minimum absolute atomic E-state index is 0.0202. The molecule has 0 aliphatic heterocycles. The molecule has 0 fully saturated rings. The molecule has 0 aliphatic rings. The molecule has 0 saturated carbocycles. The number of aliphatic hydroxyl groups excluding tert-OH is 1. The van der Waals surface area contributed by atoms with Crippen molar-refractivity contribution in [2.75, 3.05) is 77.9 Å². The Morgan fingerprint density at radius 1 is 0.828 bits per heavy atom. The lowest BCUT2D eigenvalue weighted by atomic mass is 10.2. The molecular weight excluding hydrogens is 378 g/mol. The van der Waals surface area contributed by atoms with Gasteiger partial charge in [0.1, 0.15) is 6.61 Å². The Labute approximate surface area is 173 Å². The van der Waals surface area contributed by atoms with Crippen LogP contribution in [0.1, 0.15) is 30.1 Å². The van der Waals surface area contributed by atoms with Crippen LogP contribution in [0.25, 0.3) is 0 Å². The zero-order valence-corrected chi connectivity index (χ0v) is 17.4. The predicted molar refractivity (Wildman–Crippen MR) is 110 cm³/mol. The van der Waals surface area contributed by atoms with E-state index < -0.39 is 0 Å². The first kappa shape index (κ1) is 25.3. The summed E-state index contributed by atoms with van der Waals surface area (Å²) >= 11 is 0. The molecule has 29 heavy (non-hydrogen) atoms. The Kier molecular flexibility index (Phi) is 16.0. The zero-order chi connectivity index (χ0) is 21.0. The fraction of sp³-hybridized carbons (Fsp3) is 0.667. The number of hydrogen-bond acceptors (Lipinski definition) is 8. The summed E-state index contributed by atoms with van der Waals surface area (Å²) in [5.41, 5.74) is 1.52. The molecule has 1 rings (SSSR count). The average Bonchev–Trinajstić information content (AvgIpc) is 2.74. The maximum absolute atomic E-state index is 12.0. The quantitative estimate of drug-likeness (QED) is 0.263. The van der Waals surface area contributed by atoms with E-state index >= 15 is 0 Å². The van der Waals surface area contributed by atoms with Gasteiger partial charge in [0.25, 0.3) is 0 Å². The number of esters is 1. The van der Waals surface area contributed by atoms with Crippen LogP contribution in [-0.2, 0) is 23.7 Å². The third-order valence-electron chi connectivity index (χ3n) is 3.79. The molecular formula is C21H35NO7. The van der Waals surface area contributed by atoms with Crippen molar-refractivity contribution in [1.82, 2.24) is 0 Å². The fourth-order valence-electron chi connectivity index (χ4n) is 2.24. The Morgan fingerprint density at radius 3 is 1.86 bits per heavy atom. The topological polar surface area (TPSA) is 95.5 Å². The maximum atomic E-state index is 12.0. The van der Waals surface area contributed by atoms with E-state index in [9.17, 15) is 4.79 Å². The number of unbranched alkanes of at least 4 members (excludes halogenated alkanes) is 1. The van der Waals surface area contributed by atoms with Gasteiger partial charge in [0.2, 0.25) is 0 Å². The molecule has 0 atom stereocenters. The Bertz CT molecular complexity index is 510. The van der Waals surface area contributed by atoms with E-state index in [1.54, 1.807) is 12.1 Å². The number of rotatable bonds is 19. The summed E-state index contributed by atoms with van der Waals surface area (Å²) in [5, 5.41) is 11.8. The van der Waals surface area contributed by atoms with Crippen LogP contribution in [-0.4, -0.2) is 83.7 Å². The molecule has 0 aliphatic carbocycles. The van der Waals surface area contributed by atoms with Gasteiger partial charge in [0.05, 0.1) is 65.0 Å². The second-order valence-corrected chi connectivity index (χ2v) is 6.17. The fourth-order valence-corrected chi connectivity index (χ4v) is 2.24. The van der Waals surface area contributed by atoms with Gasteiger partial charge >= 0.3 is 5.97 Å². The number of carbonyl (C=O) groups is 1. The maximum Gasteiger partial charge on any atom is 0.338 e. The van der Waals surface area contributed by atoms with Crippen LogP contribution in [0.4, 0.5) is 5.69 Å². The third kappa shape index (κ3) is 14.0. The molecule has 0 spiro atoms. The molecule has 8 heteroatoms. The van der Waals surface area contributed by atoms with Crippen LogP contribution in [0.3, 0.4) is 0 Å². The van der Waals surface area contributed by atoms with E-state index in [2.05, 4.69) is 12.2 Å². The van der Waals surface area contributed by atoms with Gasteiger partial charge in [-0.3, -0.25) is 0 Å². The summed E-state index contributed by atoms with van der Waals surface area (Å²) in [6, 6.07) is 7.27. The highest BCUT2D eigenvalue weighted by Gasteiger charge is 2.06. The SMILES string of the molecule is CCCCNc1ccc(C(=O)OCCOCCOCCOCCOCCO)cc1. The monoisotopic (exact) mass is 413 g/mol. The largest absolute Gasteiger partial charge is 0.460 e. The van der Waals surface area contributed by atoms with Gasteiger partial charge in [-0.1, -0.05) is 13.3 Å². The number of ether oxygens (including phenoxy) is 5.